The van der Waals surface area contributed by atoms with Crippen LogP contribution >= 0.6 is 11.8 Å². The molecule has 0 fully saturated rings. The Morgan fingerprint density at radius 2 is 2.41 bits per heavy atom. The Balaban J connectivity index is 2.51. The van der Waals surface area contributed by atoms with Crippen molar-refractivity contribution in [3.05, 3.63) is 10.5 Å². The molecule has 0 bridgehead atoms. The van der Waals surface area contributed by atoms with Gasteiger partial charge in [0, 0.05) is 13.1 Å². The summed E-state index contributed by atoms with van der Waals surface area (Å²) in [5.74, 6) is -0.0175. The molecule has 3 N–H and O–H groups in total. The number of aromatic nitrogens is 3. The Hall–Kier alpha value is -1.28. The Bertz CT molecular complexity index is 415. The van der Waals surface area contributed by atoms with Crippen LogP contribution in [0.2, 0.25) is 0 Å². The van der Waals surface area contributed by atoms with Crippen molar-refractivity contribution in [2.75, 3.05) is 18.9 Å². The summed E-state index contributed by atoms with van der Waals surface area (Å²) >= 11 is 1.19. The van der Waals surface area contributed by atoms with E-state index in [0.29, 0.717) is 11.7 Å². The van der Waals surface area contributed by atoms with Gasteiger partial charge in [0.1, 0.15) is 0 Å². The van der Waals surface area contributed by atoms with Crippen LogP contribution in [0, 0.1) is 0 Å². The highest BCUT2D eigenvalue weighted by Crippen LogP contribution is 2.12. The van der Waals surface area contributed by atoms with Gasteiger partial charge in [0.15, 0.2) is 5.16 Å². The molecule has 1 amide bonds. The molecule has 0 saturated carbocycles. The molecule has 0 unspecified atom stereocenters. The first kappa shape index (κ1) is 13.8. The van der Waals surface area contributed by atoms with Crippen LogP contribution in [0.1, 0.15) is 13.3 Å². The summed E-state index contributed by atoms with van der Waals surface area (Å²) in [4.78, 5) is 22.6. The molecule has 17 heavy (non-hydrogen) atoms. The summed E-state index contributed by atoms with van der Waals surface area (Å²) in [5, 5.41) is 17.8. The molecule has 1 aromatic rings. The zero-order chi connectivity index (χ0) is 12.7. The Kier molecular flexibility index (Phi) is 5.78. The Labute approximate surface area is 103 Å². The topological polar surface area (TPSA) is 100 Å². The van der Waals surface area contributed by atoms with Gasteiger partial charge in [-0.2, -0.15) is 0 Å². The number of thioether (sulfide) groups is 1. The van der Waals surface area contributed by atoms with Gasteiger partial charge >= 0.3 is 5.69 Å². The number of aliphatic hydroxyl groups excluding tert-OH is 1. The zero-order valence-corrected chi connectivity index (χ0v) is 10.4. The standard InChI is InChI=1S/C9H16N4O3S/c1-2-4-13-8(16)11-12-9(13)17-6-7(15)10-3-5-14/h14H,2-6H2,1H3,(H,10,15)(H,11,16). The first-order valence-electron chi connectivity index (χ1n) is 5.34. The molecule has 7 nitrogen and oxygen atoms in total. The van der Waals surface area contributed by atoms with Crippen molar-refractivity contribution >= 4 is 17.7 Å². The van der Waals surface area contributed by atoms with Gasteiger partial charge in [-0.1, -0.05) is 18.7 Å². The molecular weight excluding hydrogens is 244 g/mol. The van der Waals surface area contributed by atoms with Crippen LogP contribution in [0.5, 0.6) is 0 Å². The lowest BCUT2D eigenvalue weighted by atomic mass is 10.5. The van der Waals surface area contributed by atoms with Crippen molar-refractivity contribution in [3.63, 3.8) is 0 Å². The van der Waals surface area contributed by atoms with Gasteiger partial charge in [-0.15, -0.1) is 5.10 Å². The summed E-state index contributed by atoms with van der Waals surface area (Å²) in [6, 6.07) is 0. The number of nitrogens with zero attached hydrogens (tertiary/aromatic N) is 2. The van der Waals surface area contributed by atoms with E-state index in [1.165, 1.54) is 16.3 Å². The number of hydrogen-bond donors (Lipinski definition) is 3. The Morgan fingerprint density at radius 1 is 1.65 bits per heavy atom. The van der Waals surface area contributed by atoms with Gasteiger partial charge in [-0.05, 0) is 6.42 Å². The second kappa shape index (κ2) is 7.13. The predicted octanol–water partition coefficient (Wildman–Crippen LogP) is -0.818. The van der Waals surface area contributed by atoms with Crippen molar-refractivity contribution in [3.8, 4) is 0 Å². The van der Waals surface area contributed by atoms with Gasteiger partial charge < -0.3 is 10.4 Å². The fraction of sp³-hybridized carbons (Fsp3) is 0.667. The van der Waals surface area contributed by atoms with Gasteiger partial charge in [0.05, 0.1) is 12.4 Å². The number of rotatable bonds is 7. The number of hydrogen-bond acceptors (Lipinski definition) is 5. The third-order valence-corrected chi connectivity index (χ3v) is 2.91. The smallest absolute Gasteiger partial charge is 0.343 e. The highest BCUT2D eigenvalue weighted by atomic mass is 32.2. The average molecular weight is 260 g/mol. The molecular formula is C9H16N4O3S. The molecule has 0 atom stereocenters. The van der Waals surface area contributed by atoms with Crippen molar-refractivity contribution in [1.82, 2.24) is 20.1 Å². The summed E-state index contributed by atoms with van der Waals surface area (Å²) in [5.41, 5.74) is -0.259. The first-order valence-corrected chi connectivity index (χ1v) is 6.33. The van der Waals surface area contributed by atoms with Crippen molar-refractivity contribution in [2.45, 2.75) is 25.0 Å². The lowest BCUT2D eigenvalue weighted by Gasteiger charge is -2.04. The van der Waals surface area contributed by atoms with Crippen molar-refractivity contribution in [1.29, 1.82) is 0 Å². The third-order valence-electron chi connectivity index (χ3n) is 1.94. The van der Waals surface area contributed by atoms with Crippen LogP contribution in [0.3, 0.4) is 0 Å². The van der Waals surface area contributed by atoms with Crippen molar-refractivity contribution < 1.29 is 9.90 Å². The van der Waals surface area contributed by atoms with E-state index < -0.39 is 0 Å². The molecule has 8 heteroatoms. The minimum absolute atomic E-state index is 0.0840. The van der Waals surface area contributed by atoms with E-state index >= 15 is 0 Å². The number of H-pyrrole nitrogens is 1. The van der Waals surface area contributed by atoms with E-state index in [0.717, 1.165) is 6.42 Å². The number of carbonyl (C=O) groups is 1. The molecule has 0 radical (unpaired) electrons. The normalized spacial score (nSPS) is 10.5. The number of aromatic amines is 1. The quantitative estimate of drug-likeness (QED) is 0.556. The van der Waals surface area contributed by atoms with Crippen LogP contribution in [0.15, 0.2) is 9.95 Å². The van der Waals surface area contributed by atoms with E-state index in [4.69, 9.17) is 5.11 Å². The molecule has 1 rings (SSSR count). The zero-order valence-electron chi connectivity index (χ0n) is 9.60. The first-order chi connectivity index (χ1) is 8.19. The number of aliphatic hydroxyl groups is 1. The van der Waals surface area contributed by atoms with Crippen molar-refractivity contribution in [2.24, 2.45) is 0 Å². The SMILES string of the molecule is CCCn1c(SCC(=O)NCCO)n[nH]c1=O. The van der Waals surface area contributed by atoms with Crippen LogP contribution in [0.4, 0.5) is 0 Å². The highest BCUT2D eigenvalue weighted by Gasteiger charge is 2.10. The molecule has 1 heterocycles. The number of amides is 1. The summed E-state index contributed by atoms with van der Waals surface area (Å²) < 4.78 is 1.50. The van der Waals surface area contributed by atoms with Crippen LogP contribution < -0.4 is 11.0 Å². The lowest BCUT2D eigenvalue weighted by molar-refractivity contribution is -0.118. The Morgan fingerprint density at radius 3 is 3.06 bits per heavy atom. The summed E-state index contributed by atoms with van der Waals surface area (Å²) in [6.45, 7) is 2.69. The van der Waals surface area contributed by atoms with E-state index in [2.05, 4.69) is 15.5 Å². The fourth-order valence-electron chi connectivity index (χ4n) is 1.21. The highest BCUT2D eigenvalue weighted by molar-refractivity contribution is 7.99. The van der Waals surface area contributed by atoms with Gasteiger partial charge in [-0.25, -0.2) is 9.89 Å². The van der Waals surface area contributed by atoms with E-state index in [9.17, 15) is 9.59 Å². The monoisotopic (exact) mass is 260 g/mol. The number of nitrogens with one attached hydrogen (secondary N) is 2. The molecule has 0 aliphatic rings. The van der Waals surface area contributed by atoms with E-state index in [-0.39, 0.29) is 30.5 Å². The molecule has 96 valence electrons. The van der Waals surface area contributed by atoms with E-state index in [1.54, 1.807) is 0 Å². The fourth-order valence-corrected chi connectivity index (χ4v) is 2.01. The molecule has 0 saturated heterocycles. The second-order valence-electron chi connectivity index (χ2n) is 3.33. The molecule has 1 aromatic heterocycles. The maximum atomic E-state index is 11.3. The predicted molar refractivity (Wildman–Crippen MR) is 64.0 cm³/mol. The lowest BCUT2D eigenvalue weighted by Crippen LogP contribution is -2.28. The van der Waals surface area contributed by atoms with Gasteiger partial charge in [-0.3, -0.25) is 9.36 Å². The number of carbonyl (C=O) groups excluding carboxylic acids is 1. The minimum atomic E-state index is -0.259. The molecule has 0 aliphatic carbocycles. The molecule has 0 spiro atoms. The van der Waals surface area contributed by atoms with Gasteiger partial charge in [0.2, 0.25) is 5.91 Å². The van der Waals surface area contributed by atoms with Crippen LogP contribution in [-0.4, -0.2) is 44.7 Å². The average Bonchev–Trinajstić information content (AvgIpc) is 2.66. The largest absolute Gasteiger partial charge is 0.395 e. The van der Waals surface area contributed by atoms with Crippen LogP contribution in [0.25, 0.3) is 0 Å². The van der Waals surface area contributed by atoms with E-state index in [1.807, 2.05) is 6.92 Å². The second-order valence-corrected chi connectivity index (χ2v) is 4.27. The minimum Gasteiger partial charge on any atom is -0.395 e. The summed E-state index contributed by atoms with van der Waals surface area (Å²) in [7, 11) is 0. The maximum absolute atomic E-state index is 11.3. The van der Waals surface area contributed by atoms with Gasteiger partial charge in [0.25, 0.3) is 0 Å². The molecule has 0 aromatic carbocycles. The summed E-state index contributed by atoms with van der Waals surface area (Å²) in [6.07, 6.45) is 0.823. The third kappa shape index (κ3) is 4.23. The molecule has 0 aliphatic heterocycles. The maximum Gasteiger partial charge on any atom is 0.343 e. The van der Waals surface area contributed by atoms with Crippen LogP contribution in [-0.2, 0) is 11.3 Å².